The Hall–Kier alpha value is -4.33. The molecule has 1 saturated carbocycles. The standard InChI is InChI=1S/C32H37N3O5/c1-20-16-21(2)30(22(3)17-20)34-32(39)33-28-18-24(23-10-13-26(40-4)14-11-23)12-15-27(28)31(38)35(19-29(36)37)25-8-6-5-7-9-25/h10-18,25H,5-9,19H2,1-4H3,(H,36,37)(H2,33,34,39). The molecule has 8 nitrogen and oxygen atoms in total. The van der Waals surface area contributed by atoms with Crippen LogP contribution in [0.25, 0.3) is 11.1 Å². The molecule has 0 heterocycles. The number of hydrogen-bond donors (Lipinski definition) is 3. The van der Waals surface area contributed by atoms with E-state index >= 15 is 0 Å². The second-order valence-corrected chi connectivity index (χ2v) is 10.5. The Balaban J connectivity index is 1.71. The van der Waals surface area contributed by atoms with Crippen molar-refractivity contribution in [2.45, 2.75) is 58.9 Å². The van der Waals surface area contributed by atoms with E-state index in [0.717, 1.165) is 59.9 Å². The first-order chi connectivity index (χ1) is 19.2. The van der Waals surface area contributed by atoms with Crippen molar-refractivity contribution in [3.63, 3.8) is 0 Å². The number of urea groups is 1. The van der Waals surface area contributed by atoms with Crippen molar-refractivity contribution in [2.75, 3.05) is 24.3 Å². The first kappa shape index (κ1) is 28.7. The van der Waals surface area contributed by atoms with Crippen LogP contribution >= 0.6 is 0 Å². The van der Waals surface area contributed by atoms with Gasteiger partial charge in [-0.05, 0) is 80.1 Å². The summed E-state index contributed by atoms with van der Waals surface area (Å²) >= 11 is 0. The highest BCUT2D eigenvalue weighted by Crippen LogP contribution is 2.31. The molecule has 0 radical (unpaired) electrons. The summed E-state index contributed by atoms with van der Waals surface area (Å²) in [6.45, 7) is 5.48. The molecule has 0 saturated heterocycles. The van der Waals surface area contributed by atoms with E-state index in [1.807, 2.05) is 63.2 Å². The molecular weight excluding hydrogens is 506 g/mol. The Kier molecular flexibility index (Phi) is 9.09. The number of carboxylic acids is 1. The van der Waals surface area contributed by atoms with E-state index in [0.29, 0.717) is 17.1 Å². The molecule has 210 valence electrons. The van der Waals surface area contributed by atoms with Gasteiger partial charge in [0.05, 0.1) is 18.4 Å². The average Bonchev–Trinajstić information content (AvgIpc) is 2.93. The molecule has 3 N–H and O–H groups in total. The zero-order chi connectivity index (χ0) is 28.8. The van der Waals surface area contributed by atoms with Gasteiger partial charge in [0.25, 0.3) is 5.91 Å². The van der Waals surface area contributed by atoms with Gasteiger partial charge in [0.2, 0.25) is 0 Å². The highest BCUT2D eigenvalue weighted by Gasteiger charge is 2.30. The number of nitrogens with zero attached hydrogens (tertiary/aromatic N) is 1. The van der Waals surface area contributed by atoms with Gasteiger partial charge in [0, 0.05) is 11.7 Å². The van der Waals surface area contributed by atoms with Crippen LogP contribution in [-0.4, -0.2) is 47.6 Å². The smallest absolute Gasteiger partial charge is 0.323 e. The van der Waals surface area contributed by atoms with Crippen LogP contribution in [0.2, 0.25) is 0 Å². The normalized spacial score (nSPS) is 13.4. The number of aryl methyl sites for hydroxylation is 3. The molecule has 40 heavy (non-hydrogen) atoms. The van der Waals surface area contributed by atoms with Crippen LogP contribution in [0.5, 0.6) is 5.75 Å². The van der Waals surface area contributed by atoms with Crippen LogP contribution in [0.1, 0.15) is 59.2 Å². The van der Waals surface area contributed by atoms with Crippen molar-refractivity contribution < 1.29 is 24.2 Å². The third kappa shape index (κ3) is 6.81. The summed E-state index contributed by atoms with van der Waals surface area (Å²) in [4.78, 5) is 40.4. The number of rotatable bonds is 8. The summed E-state index contributed by atoms with van der Waals surface area (Å²) in [5.41, 5.74) is 5.89. The SMILES string of the molecule is COc1ccc(-c2ccc(C(=O)N(CC(=O)O)C3CCCCC3)c(NC(=O)Nc3c(C)cc(C)cc3C)c2)cc1. The number of hydrogen-bond acceptors (Lipinski definition) is 4. The number of methoxy groups -OCH3 is 1. The second kappa shape index (κ2) is 12.7. The van der Waals surface area contributed by atoms with Gasteiger partial charge in [0.1, 0.15) is 12.3 Å². The Bertz CT molecular complexity index is 1370. The molecule has 4 rings (SSSR count). The fourth-order valence-corrected chi connectivity index (χ4v) is 5.50. The average molecular weight is 544 g/mol. The molecule has 8 heteroatoms. The number of ether oxygens (including phenoxy) is 1. The topological polar surface area (TPSA) is 108 Å². The molecule has 3 amide bonds. The van der Waals surface area contributed by atoms with Gasteiger partial charge in [-0.15, -0.1) is 0 Å². The summed E-state index contributed by atoms with van der Waals surface area (Å²) in [5.74, 6) is -0.756. The van der Waals surface area contributed by atoms with Gasteiger partial charge in [-0.1, -0.05) is 55.2 Å². The Morgan fingerprint density at radius 3 is 2.10 bits per heavy atom. The van der Waals surface area contributed by atoms with Crippen LogP contribution in [0.15, 0.2) is 54.6 Å². The largest absolute Gasteiger partial charge is 0.497 e. The molecule has 1 fully saturated rings. The first-order valence-corrected chi connectivity index (χ1v) is 13.6. The monoisotopic (exact) mass is 543 g/mol. The van der Waals surface area contributed by atoms with Gasteiger partial charge in [-0.2, -0.15) is 0 Å². The number of aliphatic carboxylic acids is 1. The lowest BCUT2D eigenvalue weighted by molar-refractivity contribution is -0.138. The zero-order valence-corrected chi connectivity index (χ0v) is 23.5. The van der Waals surface area contributed by atoms with Crippen LogP contribution in [-0.2, 0) is 4.79 Å². The number of carbonyl (C=O) groups is 3. The van der Waals surface area contributed by atoms with E-state index in [4.69, 9.17) is 4.74 Å². The van der Waals surface area contributed by atoms with Gasteiger partial charge >= 0.3 is 12.0 Å². The molecule has 0 spiro atoms. The number of carboxylic acid groups (broad SMARTS) is 1. The molecule has 1 aliphatic rings. The van der Waals surface area contributed by atoms with E-state index in [-0.39, 0.29) is 11.6 Å². The minimum absolute atomic E-state index is 0.154. The van der Waals surface area contributed by atoms with Crippen molar-refractivity contribution >= 4 is 29.3 Å². The van der Waals surface area contributed by atoms with Gasteiger partial charge in [-0.25, -0.2) is 4.79 Å². The number of nitrogens with one attached hydrogen (secondary N) is 2. The number of benzene rings is 3. The highest BCUT2D eigenvalue weighted by atomic mass is 16.5. The minimum atomic E-state index is -1.06. The lowest BCUT2D eigenvalue weighted by Crippen LogP contribution is -2.44. The van der Waals surface area contributed by atoms with Crippen LogP contribution in [0.4, 0.5) is 16.2 Å². The highest BCUT2D eigenvalue weighted by molar-refractivity contribution is 6.08. The van der Waals surface area contributed by atoms with E-state index < -0.39 is 24.5 Å². The molecule has 0 aliphatic heterocycles. The van der Waals surface area contributed by atoms with Crippen molar-refractivity contribution in [1.29, 1.82) is 0 Å². The molecule has 1 aliphatic carbocycles. The summed E-state index contributed by atoms with van der Waals surface area (Å²) in [6, 6.07) is 16.1. The van der Waals surface area contributed by atoms with E-state index in [9.17, 15) is 19.5 Å². The fourth-order valence-electron chi connectivity index (χ4n) is 5.50. The summed E-state index contributed by atoms with van der Waals surface area (Å²) in [5, 5.41) is 15.4. The van der Waals surface area contributed by atoms with Crippen LogP contribution in [0.3, 0.4) is 0 Å². The zero-order valence-electron chi connectivity index (χ0n) is 23.5. The Morgan fingerprint density at radius 1 is 0.875 bits per heavy atom. The summed E-state index contributed by atoms with van der Waals surface area (Å²) in [6.07, 6.45) is 4.50. The molecule has 0 aromatic heterocycles. The molecular formula is C32H37N3O5. The summed E-state index contributed by atoms with van der Waals surface area (Å²) in [7, 11) is 1.60. The van der Waals surface area contributed by atoms with Crippen molar-refractivity contribution in [3.05, 3.63) is 76.9 Å². The third-order valence-corrected chi connectivity index (χ3v) is 7.42. The van der Waals surface area contributed by atoms with E-state index in [1.165, 1.54) is 4.90 Å². The van der Waals surface area contributed by atoms with Crippen molar-refractivity contribution in [1.82, 2.24) is 4.90 Å². The van der Waals surface area contributed by atoms with Crippen LogP contribution < -0.4 is 15.4 Å². The van der Waals surface area contributed by atoms with Gasteiger partial charge in [0.15, 0.2) is 0 Å². The van der Waals surface area contributed by atoms with E-state index in [2.05, 4.69) is 10.6 Å². The predicted octanol–water partition coefficient (Wildman–Crippen LogP) is 6.79. The third-order valence-electron chi connectivity index (χ3n) is 7.42. The number of anilines is 2. The lowest BCUT2D eigenvalue weighted by Gasteiger charge is -2.33. The lowest BCUT2D eigenvalue weighted by atomic mass is 9.93. The van der Waals surface area contributed by atoms with Crippen LogP contribution in [0, 0.1) is 20.8 Å². The van der Waals surface area contributed by atoms with Gasteiger partial charge < -0.3 is 25.4 Å². The Labute approximate surface area is 235 Å². The first-order valence-electron chi connectivity index (χ1n) is 13.6. The van der Waals surface area contributed by atoms with Crippen molar-refractivity contribution in [3.8, 4) is 16.9 Å². The maximum Gasteiger partial charge on any atom is 0.323 e. The molecule has 0 bridgehead atoms. The molecule has 0 unspecified atom stereocenters. The number of carbonyl (C=O) groups excluding carboxylic acids is 2. The quantitative estimate of drug-likeness (QED) is 0.290. The predicted molar refractivity (Wildman–Crippen MR) is 157 cm³/mol. The maximum atomic E-state index is 13.9. The molecule has 3 aromatic rings. The van der Waals surface area contributed by atoms with Gasteiger partial charge in [-0.3, -0.25) is 9.59 Å². The van der Waals surface area contributed by atoms with E-state index in [1.54, 1.807) is 19.2 Å². The minimum Gasteiger partial charge on any atom is -0.497 e. The maximum absolute atomic E-state index is 13.9. The Morgan fingerprint density at radius 2 is 1.50 bits per heavy atom. The van der Waals surface area contributed by atoms with Crippen molar-refractivity contribution in [2.24, 2.45) is 0 Å². The molecule has 0 atom stereocenters. The molecule has 3 aromatic carbocycles. The number of amides is 3. The summed E-state index contributed by atoms with van der Waals surface area (Å²) < 4.78 is 5.27. The fraction of sp³-hybridized carbons (Fsp3) is 0.344. The second-order valence-electron chi connectivity index (χ2n) is 10.5.